The zero-order valence-corrected chi connectivity index (χ0v) is 26.2. The smallest absolute Gasteiger partial charge is 0.335 e. The summed E-state index contributed by atoms with van der Waals surface area (Å²) in [6.07, 6.45) is 23.9. The third-order valence-corrected chi connectivity index (χ3v) is 7.19. The van der Waals surface area contributed by atoms with E-state index in [-0.39, 0.29) is 30.0 Å². The number of nitrogens with one attached hydrogen (secondary N) is 1. The van der Waals surface area contributed by atoms with Gasteiger partial charge in [-0.1, -0.05) is 97.3 Å². The van der Waals surface area contributed by atoms with Gasteiger partial charge in [0, 0.05) is 13.0 Å². The molecule has 0 aliphatic carbocycles. The Balaban J connectivity index is 0.00000133. The minimum Gasteiger partial charge on any atom is -0.508 e. The van der Waals surface area contributed by atoms with Crippen molar-refractivity contribution in [3.05, 3.63) is 29.8 Å². The maximum Gasteiger partial charge on any atom is 0.335 e. The Morgan fingerprint density at radius 2 is 1.20 bits per heavy atom. The number of benzene rings is 1. The number of carbonyl (C=O) groups is 2. The number of aromatic hydroxyl groups is 1. The minimum absolute atomic E-state index is 0.0200. The number of hydrogen-bond donors (Lipinski definition) is 4. The Morgan fingerprint density at radius 1 is 0.707 bits per heavy atom. The molecule has 1 aromatic rings. The van der Waals surface area contributed by atoms with Gasteiger partial charge >= 0.3 is 11.9 Å². The summed E-state index contributed by atoms with van der Waals surface area (Å²) in [5, 5.41) is 29.1. The largest absolute Gasteiger partial charge is 0.508 e. The number of ether oxygens (including phenoxy) is 1. The molecule has 7 nitrogen and oxygen atoms in total. The molecule has 0 saturated heterocycles. The molecule has 0 aliphatic rings. The summed E-state index contributed by atoms with van der Waals surface area (Å²) in [7, 11) is 0. The minimum atomic E-state index is -0.986. The van der Waals surface area contributed by atoms with Crippen LogP contribution < -0.4 is 5.32 Å². The molecule has 0 bridgehead atoms. The van der Waals surface area contributed by atoms with Crippen molar-refractivity contribution in [2.45, 2.75) is 148 Å². The molecule has 1 rings (SSSR count). The molecule has 0 spiro atoms. The van der Waals surface area contributed by atoms with Crippen molar-refractivity contribution in [2.24, 2.45) is 0 Å². The third kappa shape index (κ3) is 26.5. The molecule has 41 heavy (non-hydrogen) atoms. The van der Waals surface area contributed by atoms with Gasteiger partial charge in [0.15, 0.2) is 0 Å². The van der Waals surface area contributed by atoms with Crippen molar-refractivity contribution in [3.8, 4) is 5.75 Å². The number of aliphatic hydroxyl groups excluding tert-OH is 1. The molecule has 0 radical (unpaired) electrons. The number of aliphatic hydroxyl groups is 1. The molecule has 0 saturated carbocycles. The van der Waals surface area contributed by atoms with Crippen LogP contribution in [0.25, 0.3) is 0 Å². The number of hydrogen-bond acceptors (Lipinski definition) is 6. The summed E-state index contributed by atoms with van der Waals surface area (Å²) >= 11 is 0. The number of aromatic carboxylic acids is 1. The lowest BCUT2D eigenvalue weighted by molar-refractivity contribution is -0.150. The molecule has 7 heteroatoms. The number of unbranched alkanes of at least 4 members (excludes halogenated alkanes) is 14. The van der Waals surface area contributed by atoms with Crippen molar-refractivity contribution in [1.29, 1.82) is 0 Å². The standard InChI is InChI=1S/C27H55NO3.C7H6O3/c1-3-5-7-9-12-16-20-26(21-17-13-10-8-6-4-2)31-27(30)22-18-14-11-15-19-23-28-24-25-29;8-6-3-1-5(2-4-6)7(9)10/h26,28-29H,3-25H2,1-2H3;1-4,8H,(H,9,10). The second-order valence-corrected chi connectivity index (χ2v) is 11.1. The highest BCUT2D eigenvalue weighted by molar-refractivity contribution is 5.87. The molecule has 4 N–H and O–H groups in total. The first-order chi connectivity index (χ1) is 19.9. The average Bonchev–Trinajstić information content (AvgIpc) is 2.96. The average molecular weight is 580 g/mol. The van der Waals surface area contributed by atoms with Crippen molar-refractivity contribution >= 4 is 11.9 Å². The van der Waals surface area contributed by atoms with Crippen LogP contribution in [0.15, 0.2) is 24.3 Å². The van der Waals surface area contributed by atoms with Gasteiger partial charge in [-0.05, 0) is 69.3 Å². The van der Waals surface area contributed by atoms with Gasteiger partial charge in [-0.15, -0.1) is 0 Å². The van der Waals surface area contributed by atoms with Crippen LogP contribution in [0.2, 0.25) is 0 Å². The molecular weight excluding hydrogens is 518 g/mol. The zero-order chi connectivity index (χ0) is 30.4. The lowest BCUT2D eigenvalue weighted by Crippen LogP contribution is -2.19. The molecule has 0 fully saturated rings. The Kier molecular flexibility index (Phi) is 27.9. The Hall–Kier alpha value is -2.12. The van der Waals surface area contributed by atoms with E-state index in [2.05, 4.69) is 19.2 Å². The molecule has 0 atom stereocenters. The summed E-state index contributed by atoms with van der Waals surface area (Å²) in [4.78, 5) is 22.6. The van der Waals surface area contributed by atoms with E-state index >= 15 is 0 Å². The summed E-state index contributed by atoms with van der Waals surface area (Å²) in [6.45, 7) is 6.38. The van der Waals surface area contributed by atoms with E-state index in [1.165, 1.54) is 114 Å². The van der Waals surface area contributed by atoms with Crippen LogP contribution in [0.4, 0.5) is 0 Å². The number of phenolic OH excluding ortho intramolecular Hbond substituents is 1. The number of rotatable bonds is 26. The Morgan fingerprint density at radius 3 is 1.71 bits per heavy atom. The van der Waals surface area contributed by atoms with Crippen LogP contribution in [0.3, 0.4) is 0 Å². The second kappa shape index (κ2) is 29.4. The SMILES string of the molecule is CCCCCCCCC(CCCCCCCC)OC(=O)CCCCCCCNCCO.O=C(O)c1ccc(O)cc1. The number of carbonyl (C=O) groups excluding carboxylic acids is 1. The Labute approximate surface area is 250 Å². The summed E-state index contributed by atoms with van der Waals surface area (Å²) in [5.41, 5.74) is 0.179. The van der Waals surface area contributed by atoms with Crippen LogP contribution in [-0.2, 0) is 9.53 Å². The van der Waals surface area contributed by atoms with Gasteiger partial charge in [0.1, 0.15) is 11.9 Å². The number of esters is 1. The van der Waals surface area contributed by atoms with Gasteiger partial charge in [-0.2, -0.15) is 0 Å². The number of carboxylic acids is 1. The van der Waals surface area contributed by atoms with Gasteiger partial charge in [0.25, 0.3) is 0 Å². The summed E-state index contributed by atoms with van der Waals surface area (Å²) < 4.78 is 5.91. The molecule has 238 valence electrons. The van der Waals surface area contributed by atoms with Crippen LogP contribution in [0, 0.1) is 0 Å². The maximum atomic E-state index is 12.4. The van der Waals surface area contributed by atoms with Crippen molar-refractivity contribution in [3.63, 3.8) is 0 Å². The van der Waals surface area contributed by atoms with E-state index < -0.39 is 5.97 Å². The number of phenols is 1. The van der Waals surface area contributed by atoms with E-state index in [4.69, 9.17) is 20.1 Å². The highest BCUT2D eigenvalue weighted by Crippen LogP contribution is 2.18. The topological polar surface area (TPSA) is 116 Å². The second-order valence-electron chi connectivity index (χ2n) is 11.1. The zero-order valence-electron chi connectivity index (χ0n) is 26.2. The highest BCUT2D eigenvalue weighted by atomic mass is 16.5. The summed E-state index contributed by atoms with van der Waals surface area (Å²) in [6, 6.07) is 5.36. The normalized spacial score (nSPS) is 10.8. The van der Waals surface area contributed by atoms with Crippen LogP contribution in [-0.4, -0.2) is 53.1 Å². The van der Waals surface area contributed by atoms with Gasteiger partial charge < -0.3 is 25.4 Å². The van der Waals surface area contributed by atoms with E-state index in [0.29, 0.717) is 13.0 Å². The molecule has 1 aromatic carbocycles. The van der Waals surface area contributed by atoms with Gasteiger partial charge in [-0.25, -0.2) is 4.79 Å². The van der Waals surface area contributed by atoms with Gasteiger partial charge in [0.2, 0.25) is 0 Å². The van der Waals surface area contributed by atoms with E-state index in [1.54, 1.807) is 0 Å². The van der Waals surface area contributed by atoms with Crippen molar-refractivity contribution in [1.82, 2.24) is 5.32 Å². The van der Waals surface area contributed by atoms with Crippen LogP contribution in [0.5, 0.6) is 5.75 Å². The maximum absolute atomic E-state index is 12.4. The molecule has 0 heterocycles. The predicted octanol–water partition coefficient (Wildman–Crippen LogP) is 8.41. The first kappa shape index (κ1) is 38.9. The Bertz CT molecular complexity index is 708. The molecule has 0 aliphatic heterocycles. The first-order valence-corrected chi connectivity index (χ1v) is 16.5. The quantitative estimate of drug-likeness (QED) is 0.0643. The number of carboxylic acid groups (broad SMARTS) is 1. The fourth-order valence-corrected chi connectivity index (χ4v) is 4.67. The molecule has 0 amide bonds. The lowest BCUT2D eigenvalue weighted by Gasteiger charge is -2.18. The van der Waals surface area contributed by atoms with Crippen molar-refractivity contribution < 1.29 is 29.6 Å². The van der Waals surface area contributed by atoms with E-state index in [0.717, 1.165) is 38.6 Å². The third-order valence-electron chi connectivity index (χ3n) is 7.19. The van der Waals surface area contributed by atoms with Crippen LogP contribution >= 0.6 is 0 Å². The van der Waals surface area contributed by atoms with Gasteiger partial charge in [-0.3, -0.25) is 4.79 Å². The monoisotopic (exact) mass is 579 g/mol. The fraction of sp³-hybridized carbons (Fsp3) is 0.765. The molecular formula is C34H61NO6. The van der Waals surface area contributed by atoms with E-state index in [9.17, 15) is 9.59 Å². The fourth-order valence-electron chi connectivity index (χ4n) is 4.67. The van der Waals surface area contributed by atoms with Crippen LogP contribution in [0.1, 0.15) is 153 Å². The van der Waals surface area contributed by atoms with Crippen molar-refractivity contribution in [2.75, 3.05) is 19.7 Å². The van der Waals surface area contributed by atoms with Gasteiger partial charge in [0.05, 0.1) is 12.2 Å². The lowest BCUT2D eigenvalue weighted by atomic mass is 10.0. The molecule has 0 unspecified atom stereocenters. The molecule has 0 aromatic heterocycles. The highest BCUT2D eigenvalue weighted by Gasteiger charge is 2.14. The predicted molar refractivity (Wildman–Crippen MR) is 169 cm³/mol. The van der Waals surface area contributed by atoms with E-state index in [1.807, 2.05) is 0 Å². The summed E-state index contributed by atoms with van der Waals surface area (Å²) in [5.74, 6) is -0.892. The first-order valence-electron chi connectivity index (χ1n) is 16.5.